The van der Waals surface area contributed by atoms with Crippen molar-refractivity contribution in [2.75, 3.05) is 18.4 Å². The van der Waals surface area contributed by atoms with Gasteiger partial charge in [-0.1, -0.05) is 6.42 Å². The molecule has 2 aromatic rings. The van der Waals surface area contributed by atoms with Crippen LogP contribution in [0.5, 0.6) is 5.88 Å². The first kappa shape index (κ1) is 19.4. The van der Waals surface area contributed by atoms with E-state index in [9.17, 15) is 9.59 Å². The van der Waals surface area contributed by atoms with Crippen molar-refractivity contribution in [1.29, 1.82) is 0 Å². The normalized spacial score (nSPS) is 17.6. The van der Waals surface area contributed by atoms with E-state index in [0.717, 1.165) is 32.1 Å². The maximum Gasteiger partial charge on any atom is 0.272 e. The van der Waals surface area contributed by atoms with Crippen molar-refractivity contribution in [2.24, 2.45) is 5.92 Å². The summed E-state index contributed by atoms with van der Waals surface area (Å²) in [6.07, 6.45) is 7.92. The Labute approximate surface area is 170 Å². The molecule has 4 rings (SSSR count). The van der Waals surface area contributed by atoms with Crippen molar-refractivity contribution in [3.05, 3.63) is 36.3 Å². The van der Waals surface area contributed by atoms with Gasteiger partial charge >= 0.3 is 0 Å². The highest BCUT2D eigenvalue weighted by Gasteiger charge is 2.27. The van der Waals surface area contributed by atoms with Gasteiger partial charge < -0.3 is 15.0 Å². The fourth-order valence-corrected chi connectivity index (χ4v) is 3.71. The minimum Gasteiger partial charge on any atom is -0.474 e. The van der Waals surface area contributed by atoms with Crippen LogP contribution in [0, 0.1) is 5.92 Å². The summed E-state index contributed by atoms with van der Waals surface area (Å²) in [5.41, 5.74) is 1.33. The Kier molecular flexibility index (Phi) is 5.78. The molecular formula is C21H27N5O3. The van der Waals surface area contributed by atoms with Crippen molar-refractivity contribution in [3.63, 3.8) is 0 Å². The number of amides is 2. The summed E-state index contributed by atoms with van der Waals surface area (Å²) in [4.78, 5) is 30.9. The molecule has 0 aromatic carbocycles. The first-order valence-corrected chi connectivity index (χ1v) is 10.4. The standard InChI is InChI=1S/C21H27N5O3/c1-2-26-18(8-11-23-26)21(28)25-12-9-17(10-13-25)29-19-7-6-16(14-22-19)24-20(27)15-4-3-5-15/h6-8,11,14-15,17H,2-5,9-10,12-13H2,1H3,(H,24,27). The molecule has 1 saturated heterocycles. The number of nitrogens with zero attached hydrogens (tertiary/aromatic N) is 4. The summed E-state index contributed by atoms with van der Waals surface area (Å²) in [5, 5.41) is 7.08. The average Bonchev–Trinajstić information content (AvgIpc) is 3.17. The molecule has 0 radical (unpaired) electrons. The topological polar surface area (TPSA) is 89.4 Å². The Bertz CT molecular complexity index is 851. The number of anilines is 1. The molecular weight excluding hydrogens is 370 g/mol. The zero-order valence-corrected chi connectivity index (χ0v) is 16.7. The molecule has 154 valence electrons. The molecule has 2 aliphatic rings. The molecule has 29 heavy (non-hydrogen) atoms. The van der Waals surface area contributed by atoms with E-state index in [4.69, 9.17) is 4.74 Å². The molecule has 1 aliphatic heterocycles. The van der Waals surface area contributed by atoms with Crippen LogP contribution in [0.15, 0.2) is 30.6 Å². The van der Waals surface area contributed by atoms with Crippen LogP contribution in [-0.4, -0.2) is 50.7 Å². The third-order valence-corrected chi connectivity index (χ3v) is 5.73. The molecule has 0 atom stereocenters. The number of aryl methyl sites for hydroxylation is 1. The number of aromatic nitrogens is 3. The average molecular weight is 397 g/mol. The van der Waals surface area contributed by atoms with E-state index in [2.05, 4.69) is 15.4 Å². The molecule has 0 bridgehead atoms. The third kappa shape index (κ3) is 4.41. The lowest BCUT2D eigenvalue weighted by molar-refractivity contribution is -0.122. The minimum atomic E-state index is 0.0208. The number of rotatable bonds is 6. The molecule has 1 aliphatic carbocycles. The molecule has 0 spiro atoms. The summed E-state index contributed by atoms with van der Waals surface area (Å²) in [7, 11) is 0. The van der Waals surface area contributed by atoms with Crippen LogP contribution in [0.1, 0.15) is 49.5 Å². The number of likely N-dealkylation sites (tertiary alicyclic amines) is 1. The molecule has 2 fully saturated rings. The quantitative estimate of drug-likeness (QED) is 0.810. The van der Waals surface area contributed by atoms with Gasteiger partial charge in [0.05, 0.1) is 11.9 Å². The Hall–Kier alpha value is -2.90. The van der Waals surface area contributed by atoms with Gasteiger partial charge in [-0.25, -0.2) is 4.98 Å². The van der Waals surface area contributed by atoms with E-state index >= 15 is 0 Å². The fraction of sp³-hybridized carbons (Fsp3) is 0.524. The van der Waals surface area contributed by atoms with Gasteiger partial charge in [-0.3, -0.25) is 14.3 Å². The third-order valence-electron chi connectivity index (χ3n) is 5.73. The van der Waals surface area contributed by atoms with Gasteiger partial charge in [0.1, 0.15) is 11.8 Å². The molecule has 3 heterocycles. The second-order valence-corrected chi connectivity index (χ2v) is 7.64. The SMILES string of the molecule is CCn1nccc1C(=O)N1CCC(Oc2ccc(NC(=O)C3CCC3)cn2)CC1. The fourth-order valence-electron chi connectivity index (χ4n) is 3.71. The zero-order chi connectivity index (χ0) is 20.2. The summed E-state index contributed by atoms with van der Waals surface area (Å²) in [6.45, 7) is 3.94. The number of hydrogen-bond donors (Lipinski definition) is 1. The maximum absolute atomic E-state index is 12.7. The van der Waals surface area contributed by atoms with E-state index in [1.54, 1.807) is 29.2 Å². The number of hydrogen-bond acceptors (Lipinski definition) is 5. The Balaban J connectivity index is 1.26. The first-order valence-electron chi connectivity index (χ1n) is 10.4. The van der Waals surface area contributed by atoms with Gasteiger partial charge in [-0.05, 0) is 31.9 Å². The lowest BCUT2D eigenvalue weighted by Gasteiger charge is -2.32. The van der Waals surface area contributed by atoms with E-state index in [1.807, 2.05) is 17.9 Å². The second-order valence-electron chi connectivity index (χ2n) is 7.64. The largest absolute Gasteiger partial charge is 0.474 e. The van der Waals surface area contributed by atoms with Crippen molar-refractivity contribution < 1.29 is 14.3 Å². The minimum absolute atomic E-state index is 0.0208. The van der Waals surface area contributed by atoms with Crippen LogP contribution < -0.4 is 10.1 Å². The number of piperidine rings is 1. The number of carbonyl (C=O) groups excluding carboxylic acids is 2. The molecule has 2 amide bonds. The van der Waals surface area contributed by atoms with Gasteiger partial charge in [0.15, 0.2) is 0 Å². The van der Waals surface area contributed by atoms with E-state index < -0.39 is 0 Å². The molecule has 8 nitrogen and oxygen atoms in total. The number of ether oxygens (including phenoxy) is 1. The van der Waals surface area contributed by atoms with Gasteiger partial charge in [0.2, 0.25) is 11.8 Å². The lowest BCUT2D eigenvalue weighted by Crippen LogP contribution is -2.42. The molecule has 2 aromatic heterocycles. The van der Waals surface area contributed by atoms with Crippen LogP contribution >= 0.6 is 0 Å². The van der Waals surface area contributed by atoms with E-state index in [1.165, 1.54) is 0 Å². The van der Waals surface area contributed by atoms with Crippen molar-refractivity contribution in [2.45, 2.75) is 51.7 Å². The highest BCUT2D eigenvalue weighted by Crippen LogP contribution is 2.27. The maximum atomic E-state index is 12.7. The van der Waals surface area contributed by atoms with E-state index in [0.29, 0.717) is 36.9 Å². The predicted molar refractivity (Wildman–Crippen MR) is 108 cm³/mol. The van der Waals surface area contributed by atoms with Crippen LogP contribution in [0.2, 0.25) is 0 Å². The van der Waals surface area contributed by atoms with Crippen molar-refractivity contribution in [3.8, 4) is 5.88 Å². The van der Waals surface area contributed by atoms with Crippen molar-refractivity contribution >= 4 is 17.5 Å². The summed E-state index contributed by atoms with van der Waals surface area (Å²) in [6, 6.07) is 5.38. The van der Waals surface area contributed by atoms with Gasteiger partial charge in [0, 0.05) is 50.7 Å². The molecule has 1 saturated carbocycles. The highest BCUT2D eigenvalue weighted by atomic mass is 16.5. The smallest absolute Gasteiger partial charge is 0.272 e. The molecule has 8 heteroatoms. The summed E-state index contributed by atoms with van der Waals surface area (Å²) < 4.78 is 7.70. The van der Waals surface area contributed by atoms with E-state index in [-0.39, 0.29) is 23.8 Å². The summed E-state index contributed by atoms with van der Waals surface area (Å²) >= 11 is 0. The van der Waals surface area contributed by atoms with Crippen LogP contribution in [0.25, 0.3) is 0 Å². The highest BCUT2D eigenvalue weighted by molar-refractivity contribution is 5.93. The number of carbonyl (C=O) groups is 2. The number of nitrogens with one attached hydrogen (secondary N) is 1. The second kappa shape index (κ2) is 8.63. The zero-order valence-electron chi connectivity index (χ0n) is 16.7. The van der Waals surface area contributed by atoms with Crippen molar-refractivity contribution in [1.82, 2.24) is 19.7 Å². The number of pyridine rings is 1. The van der Waals surface area contributed by atoms with Crippen LogP contribution in [0.3, 0.4) is 0 Å². The van der Waals surface area contributed by atoms with Gasteiger partial charge in [-0.15, -0.1) is 0 Å². The van der Waals surface area contributed by atoms with Crippen LogP contribution in [-0.2, 0) is 11.3 Å². The Morgan fingerprint density at radius 1 is 1.17 bits per heavy atom. The Morgan fingerprint density at radius 2 is 1.97 bits per heavy atom. The van der Waals surface area contributed by atoms with Gasteiger partial charge in [0.25, 0.3) is 5.91 Å². The predicted octanol–water partition coefficient (Wildman–Crippen LogP) is 2.72. The molecule has 1 N–H and O–H groups in total. The van der Waals surface area contributed by atoms with Gasteiger partial charge in [-0.2, -0.15) is 5.10 Å². The lowest BCUT2D eigenvalue weighted by atomic mass is 9.85. The Morgan fingerprint density at radius 3 is 2.59 bits per heavy atom. The first-order chi connectivity index (χ1) is 14.1. The monoisotopic (exact) mass is 397 g/mol. The molecule has 0 unspecified atom stereocenters. The summed E-state index contributed by atoms with van der Waals surface area (Å²) in [5.74, 6) is 0.788. The van der Waals surface area contributed by atoms with Crippen LogP contribution in [0.4, 0.5) is 5.69 Å².